The van der Waals surface area contributed by atoms with E-state index >= 15 is 0 Å². The number of carbonyl (C=O) groups excluding carboxylic acids is 2. The molecule has 0 unspecified atom stereocenters. The number of benzene rings is 1. The number of ether oxygens (including phenoxy) is 1. The summed E-state index contributed by atoms with van der Waals surface area (Å²) in [6.45, 7) is 2.00. The molecule has 1 N–H and O–H groups in total. The van der Waals surface area contributed by atoms with Crippen molar-refractivity contribution in [2.24, 2.45) is 11.8 Å². The van der Waals surface area contributed by atoms with Crippen LogP contribution in [0.5, 0.6) is 0 Å². The summed E-state index contributed by atoms with van der Waals surface area (Å²) in [5.74, 6) is -1.59. The Bertz CT molecular complexity index is 1040. The van der Waals surface area contributed by atoms with Crippen molar-refractivity contribution >= 4 is 34.9 Å². The summed E-state index contributed by atoms with van der Waals surface area (Å²) in [6, 6.07) is 5.59. The molecule has 9 heteroatoms. The van der Waals surface area contributed by atoms with Gasteiger partial charge in [-0.15, -0.1) is 0 Å². The van der Waals surface area contributed by atoms with Crippen LogP contribution >= 0.6 is 11.6 Å². The van der Waals surface area contributed by atoms with E-state index in [2.05, 4.69) is 10.5 Å². The van der Waals surface area contributed by atoms with Gasteiger partial charge in [0.15, 0.2) is 5.82 Å². The lowest BCUT2D eigenvalue weighted by atomic mass is 9.77. The van der Waals surface area contributed by atoms with Crippen LogP contribution < -0.4 is 10.2 Å². The molecule has 1 spiro atoms. The highest BCUT2D eigenvalue weighted by Crippen LogP contribution is 2.52. The Kier molecular flexibility index (Phi) is 3.66. The second-order valence-electron chi connectivity index (χ2n) is 7.24. The van der Waals surface area contributed by atoms with E-state index in [1.807, 2.05) is 12.2 Å². The minimum atomic E-state index is -0.864. The van der Waals surface area contributed by atoms with Gasteiger partial charge in [-0.1, -0.05) is 28.9 Å². The van der Waals surface area contributed by atoms with E-state index in [0.717, 1.165) is 0 Å². The lowest BCUT2D eigenvalue weighted by Crippen LogP contribution is -2.41. The Morgan fingerprint density at radius 3 is 2.96 bits per heavy atom. The van der Waals surface area contributed by atoms with Crippen molar-refractivity contribution in [2.75, 3.05) is 16.8 Å². The zero-order valence-corrected chi connectivity index (χ0v) is 15.4. The van der Waals surface area contributed by atoms with Crippen LogP contribution in [0.25, 0.3) is 0 Å². The molecule has 3 aliphatic rings. The van der Waals surface area contributed by atoms with Gasteiger partial charge >= 0.3 is 0 Å². The largest absolute Gasteiger partial charge is 0.360 e. The molecule has 2 fully saturated rings. The zero-order chi connectivity index (χ0) is 19.6. The van der Waals surface area contributed by atoms with Gasteiger partial charge in [0.25, 0.3) is 0 Å². The lowest BCUT2D eigenvalue weighted by Gasteiger charge is -2.23. The monoisotopic (exact) mass is 403 g/mol. The maximum absolute atomic E-state index is 13.4. The predicted molar refractivity (Wildman–Crippen MR) is 97.4 cm³/mol. The summed E-state index contributed by atoms with van der Waals surface area (Å²) in [7, 11) is 0. The van der Waals surface area contributed by atoms with Crippen LogP contribution in [0.2, 0.25) is 5.02 Å². The molecule has 2 aromatic rings. The topological polar surface area (TPSA) is 84.7 Å². The first-order chi connectivity index (χ1) is 13.4. The number of hydrogen-bond donors (Lipinski definition) is 1. The highest BCUT2D eigenvalue weighted by molar-refractivity contribution is 6.31. The summed E-state index contributed by atoms with van der Waals surface area (Å²) in [4.78, 5) is 27.6. The molecular formula is C19H15ClFN3O4. The molecule has 2 bridgehead atoms. The number of anilines is 2. The third kappa shape index (κ3) is 2.41. The third-order valence-electron chi connectivity index (χ3n) is 5.48. The van der Waals surface area contributed by atoms with E-state index in [1.165, 1.54) is 23.1 Å². The Labute approximate surface area is 164 Å². The summed E-state index contributed by atoms with van der Waals surface area (Å²) >= 11 is 5.78. The smallest absolute Gasteiger partial charge is 0.235 e. The predicted octanol–water partition coefficient (Wildman–Crippen LogP) is 2.70. The van der Waals surface area contributed by atoms with Crippen molar-refractivity contribution in [3.63, 3.8) is 0 Å². The molecule has 7 nitrogen and oxygen atoms in total. The Hall–Kier alpha value is -2.71. The molecule has 4 atom stereocenters. The van der Waals surface area contributed by atoms with E-state index in [4.69, 9.17) is 20.9 Å². The minimum Gasteiger partial charge on any atom is -0.360 e. The number of hydrogen-bond acceptors (Lipinski definition) is 5. The molecule has 3 aliphatic heterocycles. The first-order valence-electron chi connectivity index (χ1n) is 8.76. The summed E-state index contributed by atoms with van der Waals surface area (Å²) in [5, 5.41) is 6.53. The highest BCUT2D eigenvalue weighted by atomic mass is 35.5. The third-order valence-corrected chi connectivity index (χ3v) is 5.77. The van der Waals surface area contributed by atoms with Crippen molar-refractivity contribution in [2.45, 2.75) is 18.6 Å². The van der Waals surface area contributed by atoms with Crippen LogP contribution in [0.4, 0.5) is 15.9 Å². The summed E-state index contributed by atoms with van der Waals surface area (Å²) < 4.78 is 24.5. The molecule has 1 aromatic carbocycles. The Balaban J connectivity index is 1.43. The van der Waals surface area contributed by atoms with Crippen LogP contribution in [0, 0.1) is 24.6 Å². The molecule has 0 aliphatic carbocycles. The maximum Gasteiger partial charge on any atom is 0.235 e. The van der Waals surface area contributed by atoms with Crippen molar-refractivity contribution < 1.29 is 23.2 Å². The Morgan fingerprint density at radius 2 is 2.25 bits per heavy atom. The molecule has 0 saturated carbocycles. The standard InChI is InChI=1S/C19H15ClFN3O4/c1-9-6-14(23-28-9)24-8-19-5-4-13(27-19)15(16(19)18(24)26)17(25)22-10-2-3-12(21)11(20)7-10/h2-7,13,15-16H,8H2,1H3,(H,22,25)/t13-,15+,16-,19+/m1/s1. The first-order valence-corrected chi connectivity index (χ1v) is 9.13. The van der Waals surface area contributed by atoms with Crippen molar-refractivity contribution in [3.8, 4) is 0 Å². The fourth-order valence-electron chi connectivity index (χ4n) is 4.27. The second kappa shape index (κ2) is 5.89. The number of aryl methyl sites for hydroxylation is 1. The number of aromatic nitrogens is 1. The van der Waals surface area contributed by atoms with Crippen molar-refractivity contribution in [1.29, 1.82) is 0 Å². The number of fused-ring (bicyclic) bond motifs is 1. The average molecular weight is 404 g/mol. The Morgan fingerprint density at radius 1 is 1.43 bits per heavy atom. The van der Waals surface area contributed by atoms with E-state index in [0.29, 0.717) is 17.3 Å². The van der Waals surface area contributed by atoms with Gasteiger partial charge in [0.05, 0.1) is 29.5 Å². The van der Waals surface area contributed by atoms with Crippen LogP contribution in [0.3, 0.4) is 0 Å². The molecule has 28 heavy (non-hydrogen) atoms. The molecular weight excluding hydrogens is 389 g/mol. The lowest BCUT2D eigenvalue weighted by molar-refractivity contribution is -0.128. The van der Waals surface area contributed by atoms with Gasteiger partial charge in [-0.2, -0.15) is 0 Å². The highest BCUT2D eigenvalue weighted by Gasteiger charge is 2.67. The first kappa shape index (κ1) is 17.4. The average Bonchev–Trinajstić information content (AvgIpc) is 3.39. The van der Waals surface area contributed by atoms with Crippen molar-refractivity contribution in [3.05, 3.63) is 53.0 Å². The number of nitrogens with zero attached hydrogens (tertiary/aromatic N) is 2. The zero-order valence-electron chi connectivity index (χ0n) is 14.7. The van der Waals surface area contributed by atoms with E-state index in [1.54, 1.807) is 13.0 Å². The van der Waals surface area contributed by atoms with Crippen LogP contribution in [-0.2, 0) is 14.3 Å². The van der Waals surface area contributed by atoms with Gasteiger partial charge < -0.3 is 14.6 Å². The van der Waals surface area contributed by atoms with Gasteiger partial charge in [-0.25, -0.2) is 4.39 Å². The minimum absolute atomic E-state index is 0.0946. The number of carbonyl (C=O) groups is 2. The van der Waals surface area contributed by atoms with Crippen LogP contribution in [0.15, 0.2) is 40.9 Å². The molecule has 2 amide bonds. The normalized spacial score (nSPS) is 30.2. The molecule has 4 heterocycles. The molecule has 5 rings (SSSR count). The quantitative estimate of drug-likeness (QED) is 0.796. The van der Waals surface area contributed by atoms with Gasteiger partial charge in [0, 0.05) is 11.8 Å². The van der Waals surface area contributed by atoms with Gasteiger partial charge in [-0.3, -0.25) is 14.5 Å². The summed E-state index contributed by atoms with van der Waals surface area (Å²) in [6.07, 6.45) is 3.17. The van der Waals surface area contributed by atoms with E-state index in [9.17, 15) is 14.0 Å². The van der Waals surface area contributed by atoms with Crippen LogP contribution in [0.1, 0.15) is 5.76 Å². The molecule has 144 valence electrons. The van der Waals surface area contributed by atoms with Crippen LogP contribution in [-0.4, -0.2) is 35.2 Å². The fourth-order valence-corrected chi connectivity index (χ4v) is 4.45. The number of nitrogens with one attached hydrogen (secondary N) is 1. The molecule has 2 saturated heterocycles. The summed E-state index contributed by atoms with van der Waals surface area (Å²) in [5.41, 5.74) is -0.511. The number of rotatable bonds is 3. The maximum atomic E-state index is 13.4. The fraction of sp³-hybridized carbons (Fsp3) is 0.316. The number of halogens is 2. The van der Waals surface area contributed by atoms with E-state index in [-0.39, 0.29) is 23.4 Å². The number of amides is 2. The van der Waals surface area contributed by atoms with E-state index < -0.39 is 29.4 Å². The van der Waals surface area contributed by atoms with Gasteiger partial charge in [0.1, 0.15) is 17.2 Å². The molecule has 1 aromatic heterocycles. The SMILES string of the molecule is Cc1cc(N2C[C@]34C=C[C@@H](O3)[C@H](C(=O)Nc3ccc(F)c(Cl)c3)[C@@H]4C2=O)no1. The van der Waals surface area contributed by atoms with Crippen molar-refractivity contribution in [1.82, 2.24) is 5.16 Å². The van der Waals surface area contributed by atoms with Gasteiger partial charge in [-0.05, 0) is 25.1 Å². The molecule has 0 radical (unpaired) electrons. The second-order valence-corrected chi connectivity index (χ2v) is 7.65. The van der Waals surface area contributed by atoms with Gasteiger partial charge in [0.2, 0.25) is 11.8 Å².